The van der Waals surface area contributed by atoms with Gasteiger partial charge in [-0.3, -0.25) is 4.79 Å². The lowest BCUT2D eigenvalue weighted by molar-refractivity contribution is -0.136. The first-order valence-corrected chi connectivity index (χ1v) is 11.3. The van der Waals surface area contributed by atoms with E-state index in [1.54, 1.807) is 62.4 Å². The molecule has 5 heteroatoms. The van der Waals surface area contributed by atoms with Crippen LogP contribution in [0.5, 0.6) is 0 Å². The van der Waals surface area contributed by atoms with Crippen molar-refractivity contribution in [3.8, 4) is 33.4 Å². The van der Waals surface area contributed by atoms with Crippen LogP contribution in [-0.2, 0) is 6.18 Å². The summed E-state index contributed by atoms with van der Waals surface area (Å²) in [5.74, 6) is -0.559. The van der Waals surface area contributed by atoms with E-state index in [9.17, 15) is 4.79 Å². The van der Waals surface area contributed by atoms with Crippen molar-refractivity contribution in [2.45, 2.75) is 26.9 Å². The molecule has 0 aliphatic carbocycles. The highest BCUT2D eigenvalue weighted by Crippen LogP contribution is 2.51. The molecule has 0 atom stereocenters. The first-order valence-electron chi connectivity index (χ1n) is 11.3. The highest BCUT2D eigenvalue weighted by molar-refractivity contribution is 6.08. The number of carbonyl (C=O) groups excluding carboxylic acids is 1. The molecule has 2 nitrogen and oxygen atoms in total. The molecule has 0 spiro atoms. The monoisotopic (exact) mass is 473 g/mol. The largest absolute Gasteiger partial charge is 0.417 e. The minimum Gasteiger partial charge on any atom is -0.355 e. The van der Waals surface area contributed by atoms with Gasteiger partial charge < -0.3 is 5.32 Å². The zero-order valence-electron chi connectivity index (χ0n) is 20.0. The fourth-order valence-corrected chi connectivity index (χ4v) is 4.66. The van der Waals surface area contributed by atoms with Crippen LogP contribution in [0.25, 0.3) is 33.4 Å². The fourth-order valence-electron chi connectivity index (χ4n) is 4.66. The average Bonchev–Trinajstić information content (AvgIpc) is 2.83. The maximum atomic E-state index is 15.1. The molecule has 0 aliphatic heterocycles. The standard InChI is InChI=1S/C30H26F3NO/c1-18-14-16-22(17-15-18)24-20(3)25(29(35)34-4)26(21-11-6-5-7-12-21)28(30(31,32)33)27(24)23-13-9-8-10-19(23)2/h5-17H,1-4H3,(H,34,35). The summed E-state index contributed by atoms with van der Waals surface area (Å²) in [6, 6.07) is 22.8. The van der Waals surface area contributed by atoms with Gasteiger partial charge in [0.25, 0.3) is 5.91 Å². The van der Waals surface area contributed by atoms with E-state index in [4.69, 9.17) is 0 Å². The van der Waals surface area contributed by atoms with E-state index in [1.165, 1.54) is 7.05 Å². The Hall–Kier alpha value is -3.86. The summed E-state index contributed by atoms with van der Waals surface area (Å²) in [4.78, 5) is 13.2. The van der Waals surface area contributed by atoms with Gasteiger partial charge in [-0.1, -0.05) is 84.4 Å². The van der Waals surface area contributed by atoms with E-state index < -0.39 is 17.6 Å². The number of amides is 1. The maximum absolute atomic E-state index is 15.1. The van der Waals surface area contributed by atoms with Crippen molar-refractivity contribution >= 4 is 5.91 Å². The number of alkyl halides is 3. The summed E-state index contributed by atoms with van der Waals surface area (Å²) in [5, 5.41) is 2.56. The highest BCUT2D eigenvalue weighted by Gasteiger charge is 2.41. The molecule has 0 bridgehead atoms. The molecule has 0 saturated heterocycles. The first-order chi connectivity index (χ1) is 16.6. The van der Waals surface area contributed by atoms with E-state index in [1.807, 2.05) is 37.3 Å². The molecule has 4 rings (SSSR count). The van der Waals surface area contributed by atoms with Gasteiger partial charge in [0.15, 0.2) is 0 Å². The summed E-state index contributed by atoms with van der Waals surface area (Å²) in [5.41, 5.74) is 3.27. The summed E-state index contributed by atoms with van der Waals surface area (Å²) >= 11 is 0. The van der Waals surface area contributed by atoms with E-state index in [-0.39, 0.29) is 16.7 Å². The quantitative estimate of drug-likeness (QED) is 0.320. The van der Waals surface area contributed by atoms with Crippen LogP contribution < -0.4 is 5.32 Å². The van der Waals surface area contributed by atoms with Crippen molar-refractivity contribution in [1.82, 2.24) is 5.32 Å². The topological polar surface area (TPSA) is 29.1 Å². The van der Waals surface area contributed by atoms with Crippen molar-refractivity contribution in [2.24, 2.45) is 0 Å². The first kappa shape index (κ1) is 24.3. The lowest BCUT2D eigenvalue weighted by Crippen LogP contribution is -2.23. The van der Waals surface area contributed by atoms with Crippen LogP contribution in [0, 0.1) is 20.8 Å². The summed E-state index contributed by atoms with van der Waals surface area (Å²) in [7, 11) is 1.44. The zero-order valence-corrected chi connectivity index (χ0v) is 20.0. The number of aryl methyl sites for hydroxylation is 2. The molecule has 0 aromatic heterocycles. The average molecular weight is 474 g/mol. The van der Waals surface area contributed by atoms with Crippen molar-refractivity contribution in [3.05, 3.63) is 107 Å². The maximum Gasteiger partial charge on any atom is 0.417 e. The molecular formula is C30H26F3NO. The van der Waals surface area contributed by atoms with Crippen LogP contribution in [0.15, 0.2) is 78.9 Å². The molecule has 35 heavy (non-hydrogen) atoms. The predicted molar refractivity (Wildman–Crippen MR) is 135 cm³/mol. The Bertz CT molecular complexity index is 1390. The Morgan fingerprint density at radius 1 is 0.714 bits per heavy atom. The van der Waals surface area contributed by atoms with Gasteiger partial charge in [-0.25, -0.2) is 0 Å². The van der Waals surface area contributed by atoms with Gasteiger partial charge in [-0.2, -0.15) is 13.2 Å². The molecule has 0 fully saturated rings. The predicted octanol–water partition coefficient (Wildman–Crippen LogP) is 7.99. The SMILES string of the molecule is CNC(=O)c1c(C)c(-c2ccc(C)cc2)c(-c2ccccc2C)c(C(F)(F)F)c1-c1ccccc1. The van der Waals surface area contributed by atoms with Crippen LogP contribution in [0.2, 0.25) is 0 Å². The number of rotatable bonds is 4. The summed E-state index contributed by atoms with van der Waals surface area (Å²) in [6.07, 6.45) is -4.72. The van der Waals surface area contributed by atoms with Gasteiger partial charge in [0.2, 0.25) is 0 Å². The number of halogens is 3. The Kier molecular flexibility index (Phi) is 6.53. The summed E-state index contributed by atoms with van der Waals surface area (Å²) in [6.45, 7) is 5.46. The van der Waals surface area contributed by atoms with Gasteiger partial charge in [0.1, 0.15) is 0 Å². The molecule has 4 aromatic rings. The second-order valence-electron chi connectivity index (χ2n) is 8.62. The van der Waals surface area contributed by atoms with Gasteiger partial charge in [0.05, 0.1) is 11.1 Å². The number of hydrogen-bond donors (Lipinski definition) is 1. The smallest absolute Gasteiger partial charge is 0.355 e. The third-order valence-corrected chi connectivity index (χ3v) is 6.30. The fraction of sp³-hybridized carbons (Fsp3) is 0.167. The third kappa shape index (κ3) is 4.46. The van der Waals surface area contributed by atoms with Crippen LogP contribution >= 0.6 is 0 Å². The molecule has 1 N–H and O–H groups in total. The Morgan fingerprint density at radius 2 is 1.29 bits per heavy atom. The van der Waals surface area contributed by atoms with Crippen molar-refractivity contribution in [2.75, 3.05) is 7.05 Å². The van der Waals surface area contributed by atoms with E-state index in [2.05, 4.69) is 5.32 Å². The van der Waals surface area contributed by atoms with Gasteiger partial charge in [0, 0.05) is 18.2 Å². The molecule has 0 saturated carbocycles. The van der Waals surface area contributed by atoms with E-state index in [0.29, 0.717) is 27.8 Å². The van der Waals surface area contributed by atoms with Crippen molar-refractivity contribution < 1.29 is 18.0 Å². The van der Waals surface area contributed by atoms with E-state index in [0.717, 1.165) is 11.1 Å². The van der Waals surface area contributed by atoms with Crippen LogP contribution in [-0.4, -0.2) is 13.0 Å². The summed E-state index contributed by atoms with van der Waals surface area (Å²) < 4.78 is 45.4. The lowest BCUT2D eigenvalue weighted by atomic mass is 9.78. The third-order valence-electron chi connectivity index (χ3n) is 6.30. The second kappa shape index (κ2) is 9.41. The molecule has 4 aromatic carbocycles. The molecule has 0 radical (unpaired) electrons. The number of hydrogen-bond acceptors (Lipinski definition) is 1. The lowest BCUT2D eigenvalue weighted by Gasteiger charge is -2.27. The normalized spacial score (nSPS) is 11.4. The van der Waals surface area contributed by atoms with Gasteiger partial charge in [-0.05, 0) is 54.2 Å². The van der Waals surface area contributed by atoms with E-state index >= 15 is 13.2 Å². The second-order valence-corrected chi connectivity index (χ2v) is 8.62. The van der Waals surface area contributed by atoms with Crippen molar-refractivity contribution in [1.29, 1.82) is 0 Å². The Balaban J connectivity index is 2.33. The van der Waals surface area contributed by atoms with Crippen molar-refractivity contribution in [3.63, 3.8) is 0 Å². The van der Waals surface area contributed by atoms with Crippen LogP contribution in [0.4, 0.5) is 13.2 Å². The zero-order chi connectivity index (χ0) is 25.3. The molecule has 0 unspecified atom stereocenters. The number of carbonyl (C=O) groups is 1. The molecule has 1 amide bonds. The van der Waals surface area contributed by atoms with Gasteiger partial charge >= 0.3 is 6.18 Å². The molecule has 0 aliphatic rings. The Labute approximate surface area is 203 Å². The van der Waals surface area contributed by atoms with Gasteiger partial charge in [-0.15, -0.1) is 0 Å². The van der Waals surface area contributed by atoms with Crippen LogP contribution in [0.1, 0.15) is 32.6 Å². The molecular weight excluding hydrogens is 447 g/mol. The highest BCUT2D eigenvalue weighted by atomic mass is 19.4. The number of benzene rings is 4. The minimum atomic E-state index is -4.72. The molecule has 0 heterocycles. The molecule has 178 valence electrons. The Morgan fingerprint density at radius 3 is 1.86 bits per heavy atom. The number of nitrogens with one attached hydrogen (secondary N) is 1. The van der Waals surface area contributed by atoms with Crippen LogP contribution in [0.3, 0.4) is 0 Å². The minimum absolute atomic E-state index is 0.0268.